The standard InChI is InChI=1S/C20H21F3N4O.ClH/c21-20(22,23)16-4-2-1-3-14(16)11-5-12-9-27(10-13(12)6-11)19(28)18-15-7-24-8-17(15)25-26-18;/h1-4,11-13,24H,5-10H2,(H,25,26);1H/t11-,12+,13-;. The van der Waals surface area contributed by atoms with Crippen molar-refractivity contribution in [3.05, 3.63) is 52.3 Å². The number of fused-ring (bicyclic) bond motifs is 2. The lowest BCUT2D eigenvalue weighted by Crippen LogP contribution is -2.31. The molecular weight excluding hydrogens is 405 g/mol. The number of amides is 1. The Morgan fingerprint density at radius 3 is 2.48 bits per heavy atom. The van der Waals surface area contributed by atoms with Crippen LogP contribution in [0.3, 0.4) is 0 Å². The van der Waals surface area contributed by atoms with Crippen molar-refractivity contribution < 1.29 is 18.0 Å². The molecule has 1 aromatic carbocycles. The van der Waals surface area contributed by atoms with E-state index in [-0.39, 0.29) is 36.1 Å². The van der Waals surface area contributed by atoms with Crippen LogP contribution < -0.4 is 5.32 Å². The maximum Gasteiger partial charge on any atom is 0.416 e. The molecule has 5 rings (SSSR count). The van der Waals surface area contributed by atoms with E-state index >= 15 is 0 Å². The summed E-state index contributed by atoms with van der Waals surface area (Å²) in [4.78, 5) is 14.7. The van der Waals surface area contributed by atoms with Gasteiger partial charge >= 0.3 is 6.18 Å². The lowest BCUT2D eigenvalue weighted by molar-refractivity contribution is -0.138. The third-order valence-corrected chi connectivity index (χ3v) is 6.50. The van der Waals surface area contributed by atoms with E-state index in [1.807, 2.05) is 4.90 Å². The Labute approximate surface area is 172 Å². The Morgan fingerprint density at radius 1 is 1.10 bits per heavy atom. The predicted octanol–water partition coefficient (Wildman–Crippen LogP) is 3.72. The number of benzene rings is 1. The first-order valence-electron chi connectivity index (χ1n) is 9.64. The van der Waals surface area contributed by atoms with Crippen LogP contribution in [0.15, 0.2) is 24.3 Å². The molecule has 0 unspecified atom stereocenters. The monoisotopic (exact) mass is 426 g/mol. The van der Waals surface area contributed by atoms with E-state index in [9.17, 15) is 18.0 Å². The Balaban J connectivity index is 0.00000205. The van der Waals surface area contributed by atoms with Crippen molar-refractivity contribution in [2.75, 3.05) is 13.1 Å². The van der Waals surface area contributed by atoms with Gasteiger partial charge in [0.1, 0.15) is 0 Å². The summed E-state index contributed by atoms with van der Waals surface area (Å²) in [5.41, 5.74) is 2.27. The molecule has 0 spiro atoms. The third kappa shape index (κ3) is 3.42. The number of hydrogen-bond donors (Lipinski definition) is 2. The maximum atomic E-state index is 13.4. The summed E-state index contributed by atoms with van der Waals surface area (Å²) in [7, 11) is 0. The molecule has 9 heteroatoms. The number of aromatic nitrogens is 2. The number of nitrogens with zero attached hydrogens (tertiary/aromatic N) is 2. The van der Waals surface area contributed by atoms with Crippen molar-refractivity contribution in [3.8, 4) is 0 Å². The highest BCUT2D eigenvalue weighted by molar-refractivity contribution is 5.94. The van der Waals surface area contributed by atoms with Crippen molar-refractivity contribution in [2.24, 2.45) is 11.8 Å². The molecule has 3 heterocycles. The molecule has 2 aromatic rings. The van der Waals surface area contributed by atoms with Gasteiger partial charge in [-0.15, -0.1) is 12.4 Å². The number of carbonyl (C=O) groups is 1. The summed E-state index contributed by atoms with van der Waals surface area (Å²) >= 11 is 0. The van der Waals surface area contributed by atoms with Gasteiger partial charge < -0.3 is 10.2 Å². The molecule has 5 nitrogen and oxygen atoms in total. The van der Waals surface area contributed by atoms with Crippen LogP contribution in [0.2, 0.25) is 0 Å². The van der Waals surface area contributed by atoms with E-state index in [0.717, 1.165) is 11.3 Å². The van der Waals surface area contributed by atoms with Crippen LogP contribution >= 0.6 is 12.4 Å². The van der Waals surface area contributed by atoms with E-state index in [1.54, 1.807) is 12.1 Å². The normalized spacial score (nSPS) is 25.6. The second-order valence-electron chi connectivity index (χ2n) is 8.12. The number of likely N-dealkylation sites (tertiary alicyclic amines) is 1. The van der Waals surface area contributed by atoms with Gasteiger partial charge in [0.05, 0.1) is 11.3 Å². The van der Waals surface area contributed by atoms with Gasteiger partial charge in [0, 0.05) is 31.7 Å². The highest BCUT2D eigenvalue weighted by atomic mass is 35.5. The van der Waals surface area contributed by atoms with Crippen molar-refractivity contribution in [1.82, 2.24) is 20.4 Å². The lowest BCUT2D eigenvalue weighted by atomic mass is 9.91. The second-order valence-corrected chi connectivity index (χ2v) is 8.12. The first-order valence-corrected chi connectivity index (χ1v) is 9.64. The number of nitrogens with one attached hydrogen (secondary N) is 2. The minimum Gasteiger partial charge on any atom is -0.337 e. The van der Waals surface area contributed by atoms with Gasteiger partial charge in [-0.05, 0) is 42.2 Å². The van der Waals surface area contributed by atoms with E-state index < -0.39 is 11.7 Å². The number of carbonyl (C=O) groups excluding carboxylic acids is 1. The molecule has 29 heavy (non-hydrogen) atoms. The van der Waals surface area contributed by atoms with Gasteiger partial charge in [0.15, 0.2) is 5.69 Å². The zero-order valence-corrected chi connectivity index (χ0v) is 16.4. The molecule has 1 aromatic heterocycles. The van der Waals surface area contributed by atoms with Crippen LogP contribution in [0, 0.1) is 11.8 Å². The molecule has 1 saturated heterocycles. The average Bonchev–Trinajstić information content (AvgIpc) is 3.39. The smallest absolute Gasteiger partial charge is 0.337 e. The van der Waals surface area contributed by atoms with E-state index in [1.165, 1.54) is 12.1 Å². The van der Waals surface area contributed by atoms with Gasteiger partial charge in [-0.1, -0.05) is 18.2 Å². The molecule has 2 N–H and O–H groups in total. The van der Waals surface area contributed by atoms with Crippen LogP contribution in [0.5, 0.6) is 0 Å². The fourth-order valence-electron chi connectivity index (χ4n) is 5.21. The van der Waals surface area contributed by atoms with Crippen LogP contribution in [0.4, 0.5) is 13.2 Å². The Morgan fingerprint density at radius 2 is 1.79 bits per heavy atom. The molecule has 3 aliphatic rings. The molecule has 156 valence electrons. The first kappa shape index (κ1) is 20.2. The fraction of sp³-hybridized carbons (Fsp3) is 0.500. The molecule has 1 saturated carbocycles. The zero-order chi connectivity index (χ0) is 19.5. The number of rotatable bonds is 2. The summed E-state index contributed by atoms with van der Waals surface area (Å²) in [6.45, 7) is 2.54. The topological polar surface area (TPSA) is 61.0 Å². The molecule has 0 bridgehead atoms. The number of halogens is 4. The summed E-state index contributed by atoms with van der Waals surface area (Å²) in [5.74, 6) is 0.340. The van der Waals surface area contributed by atoms with E-state index in [0.29, 0.717) is 50.3 Å². The summed E-state index contributed by atoms with van der Waals surface area (Å²) in [6, 6.07) is 5.91. The molecule has 0 radical (unpaired) electrons. The summed E-state index contributed by atoms with van der Waals surface area (Å²) < 4.78 is 40.1. The minimum absolute atomic E-state index is 0. The molecule has 3 atom stereocenters. The summed E-state index contributed by atoms with van der Waals surface area (Å²) in [6.07, 6.45) is -2.94. The quantitative estimate of drug-likeness (QED) is 0.769. The molecule has 2 fully saturated rings. The number of alkyl halides is 3. The largest absolute Gasteiger partial charge is 0.416 e. The highest BCUT2D eigenvalue weighted by Gasteiger charge is 2.45. The van der Waals surface area contributed by atoms with Gasteiger partial charge in [-0.2, -0.15) is 18.3 Å². The van der Waals surface area contributed by atoms with E-state index in [2.05, 4.69) is 15.5 Å². The van der Waals surface area contributed by atoms with E-state index in [4.69, 9.17) is 0 Å². The third-order valence-electron chi connectivity index (χ3n) is 6.50. The number of hydrogen-bond acceptors (Lipinski definition) is 3. The van der Waals surface area contributed by atoms with Crippen molar-refractivity contribution >= 4 is 18.3 Å². The Kier molecular flexibility index (Phi) is 5.11. The lowest BCUT2D eigenvalue weighted by Gasteiger charge is -2.21. The molecule has 1 aliphatic carbocycles. The van der Waals surface area contributed by atoms with Gasteiger partial charge in [0.25, 0.3) is 5.91 Å². The Bertz CT molecular complexity index is 915. The van der Waals surface area contributed by atoms with Crippen LogP contribution in [0.1, 0.15) is 51.6 Å². The summed E-state index contributed by atoms with van der Waals surface area (Å²) in [5, 5.41) is 10.3. The number of aromatic amines is 1. The Hall–Kier alpha value is -2.06. The second kappa shape index (κ2) is 7.32. The van der Waals surface area contributed by atoms with Gasteiger partial charge in [-0.25, -0.2) is 0 Å². The average molecular weight is 427 g/mol. The van der Waals surface area contributed by atoms with Crippen LogP contribution in [-0.2, 0) is 19.3 Å². The van der Waals surface area contributed by atoms with Crippen LogP contribution in [-0.4, -0.2) is 34.1 Å². The van der Waals surface area contributed by atoms with Crippen LogP contribution in [0.25, 0.3) is 0 Å². The van der Waals surface area contributed by atoms with Crippen molar-refractivity contribution in [3.63, 3.8) is 0 Å². The van der Waals surface area contributed by atoms with Crippen molar-refractivity contribution in [1.29, 1.82) is 0 Å². The SMILES string of the molecule is Cl.O=C(c1n[nH]c2c1CNC2)N1C[C@H]2C[C@H](c3ccccc3C(F)(F)F)C[C@H]2C1. The molecule has 2 aliphatic heterocycles. The molecular formula is C20H22ClF3N4O. The zero-order valence-electron chi connectivity index (χ0n) is 15.6. The van der Waals surface area contributed by atoms with Gasteiger partial charge in [-0.3, -0.25) is 9.89 Å². The highest BCUT2D eigenvalue weighted by Crippen LogP contribution is 2.49. The predicted molar refractivity (Wildman–Crippen MR) is 103 cm³/mol. The van der Waals surface area contributed by atoms with Gasteiger partial charge in [0.2, 0.25) is 0 Å². The van der Waals surface area contributed by atoms with Crippen molar-refractivity contribution in [2.45, 2.75) is 38.0 Å². The molecule has 1 amide bonds. The maximum absolute atomic E-state index is 13.4. The fourth-order valence-corrected chi connectivity index (χ4v) is 5.21. The number of H-pyrrole nitrogens is 1. The first-order chi connectivity index (χ1) is 13.4. The minimum atomic E-state index is -4.33.